The number of hydrogen-bond donors (Lipinski definition) is 0. The lowest BCUT2D eigenvalue weighted by Gasteiger charge is -2.22. The maximum absolute atomic E-state index is 13.4. The Bertz CT molecular complexity index is 1070. The minimum atomic E-state index is 0.0252. The van der Waals surface area contributed by atoms with E-state index in [1.807, 2.05) is 18.5 Å². The van der Waals surface area contributed by atoms with E-state index in [0.717, 1.165) is 53.8 Å². The summed E-state index contributed by atoms with van der Waals surface area (Å²) in [6.07, 6.45) is 2.04. The molecule has 0 unspecified atom stereocenters. The predicted molar refractivity (Wildman–Crippen MR) is 122 cm³/mol. The Morgan fingerprint density at radius 2 is 1.69 bits per heavy atom. The standard InChI is InChI=1S/C24H34N4O/c1-8-18(9-2)21-15-17(6)28-22(21)24(29)26(7)23(25-28)20-13-12-19(14-16(20)5)27(10-3)11-4/h12-15,18H,8-11H2,1-7H3. The molecule has 2 heterocycles. The highest BCUT2D eigenvalue weighted by molar-refractivity contribution is 5.67. The van der Waals surface area contributed by atoms with E-state index in [1.54, 1.807) is 4.57 Å². The van der Waals surface area contributed by atoms with Crippen molar-refractivity contribution in [3.05, 3.63) is 51.4 Å². The van der Waals surface area contributed by atoms with Crippen LogP contribution in [-0.2, 0) is 7.05 Å². The molecular formula is C24H34N4O. The van der Waals surface area contributed by atoms with Crippen LogP contribution in [0.25, 0.3) is 16.9 Å². The molecule has 0 radical (unpaired) electrons. The van der Waals surface area contributed by atoms with Gasteiger partial charge in [0.2, 0.25) is 0 Å². The largest absolute Gasteiger partial charge is 0.372 e. The van der Waals surface area contributed by atoms with E-state index in [2.05, 4.69) is 63.8 Å². The zero-order valence-electron chi connectivity index (χ0n) is 18.9. The van der Waals surface area contributed by atoms with E-state index < -0.39 is 0 Å². The predicted octanol–water partition coefficient (Wildman–Crippen LogP) is 5.07. The first-order valence-corrected chi connectivity index (χ1v) is 10.8. The van der Waals surface area contributed by atoms with Crippen LogP contribution in [0.3, 0.4) is 0 Å². The summed E-state index contributed by atoms with van der Waals surface area (Å²) in [6, 6.07) is 8.55. The fourth-order valence-corrected chi connectivity index (χ4v) is 4.37. The van der Waals surface area contributed by atoms with E-state index >= 15 is 0 Å². The summed E-state index contributed by atoms with van der Waals surface area (Å²) in [5, 5.41) is 4.92. The summed E-state index contributed by atoms with van der Waals surface area (Å²) in [6.45, 7) is 14.8. The Labute approximate surface area is 174 Å². The third-order valence-corrected chi connectivity index (χ3v) is 6.21. The van der Waals surface area contributed by atoms with Crippen molar-refractivity contribution in [2.45, 2.75) is 60.3 Å². The van der Waals surface area contributed by atoms with Gasteiger partial charge in [-0.2, -0.15) is 0 Å². The maximum Gasteiger partial charge on any atom is 0.278 e. The molecule has 0 amide bonds. The second-order valence-corrected chi connectivity index (χ2v) is 7.87. The van der Waals surface area contributed by atoms with Gasteiger partial charge in [-0.1, -0.05) is 13.8 Å². The first-order chi connectivity index (χ1) is 13.9. The molecule has 0 spiro atoms. The number of rotatable bonds is 7. The molecule has 0 aliphatic heterocycles. The molecule has 0 aliphatic carbocycles. The van der Waals surface area contributed by atoms with Crippen molar-refractivity contribution in [2.75, 3.05) is 18.0 Å². The van der Waals surface area contributed by atoms with Crippen LogP contribution in [-0.4, -0.2) is 27.3 Å². The summed E-state index contributed by atoms with van der Waals surface area (Å²) in [5.41, 5.74) is 6.22. The Hall–Kier alpha value is -2.56. The van der Waals surface area contributed by atoms with Gasteiger partial charge in [0.05, 0.1) is 0 Å². The monoisotopic (exact) mass is 394 g/mol. The zero-order valence-corrected chi connectivity index (χ0v) is 18.9. The minimum absolute atomic E-state index is 0.0252. The van der Waals surface area contributed by atoms with E-state index in [9.17, 15) is 4.79 Å². The number of aryl methyl sites for hydroxylation is 2. The number of fused-ring (bicyclic) bond motifs is 1. The molecule has 0 atom stereocenters. The molecule has 0 fully saturated rings. The van der Waals surface area contributed by atoms with Crippen molar-refractivity contribution in [1.82, 2.24) is 14.2 Å². The molecule has 0 aliphatic rings. The van der Waals surface area contributed by atoms with Crippen molar-refractivity contribution >= 4 is 11.2 Å². The van der Waals surface area contributed by atoms with Crippen molar-refractivity contribution in [3.8, 4) is 11.4 Å². The van der Waals surface area contributed by atoms with Gasteiger partial charge < -0.3 is 4.90 Å². The molecule has 3 rings (SSSR count). The summed E-state index contributed by atoms with van der Waals surface area (Å²) in [7, 11) is 1.83. The van der Waals surface area contributed by atoms with E-state index in [4.69, 9.17) is 5.10 Å². The van der Waals surface area contributed by atoms with Crippen LogP contribution >= 0.6 is 0 Å². The van der Waals surface area contributed by atoms with Crippen molar-refractivity contribution < 1.29 is 0 Å². The average molecular weight is 395 g/mol. The van der Waals surface area contributed by atoms with E-state index in [0.29, 0.717) is 11.7 Å². The highest BCUT2D eigenvalue weighted by atomic mass is 16.1. The number of aromatic nitrogens is 3. The number of nitrogens with zero attached hydrogens (tertiary/aromatic N) is 4. The first kappa shape index (κ1) is 21.2. The van der Waals surface area contributed by atoms with Crippen molar-refractivity contribution in [2.24, 2.45) is 7.05 Å². The fraction of sp³-hybridized carbons (Fsp3) is 0.500. The van der Waals surface area contributed by atoms with Crippen LogP contribution in [0.15, 0.2) is 29.1 Å². The Kier molecular flexibility index (Phi) is 6.15. The van der Waals surface area contributed by atoms with Crippen LogP contribution in [0.1, 0.15) is 63.3 Å². The van der Waals surface area contributed by atoms with Gasteiger partial charge in [-0.25, -0.2) is 4.52 Å². The lowest BCUT2D eigenvalue weighted by molar-refractivity contribution is 0.644. The van der Waals surface area contributed by atoms with Gasteiger partial charge in [0.25, 0.3) is 5.56 Å². The van der Waals surface area contributed by atoms with Gasteiger partial charge in [-0.3, -0.25) is 9.36 Å². The summed E-state index contributed by atoms with van der Waals surface area (Å²) < 4.78 is 3.56. The molecule has 2 aromatic heterocycles. The minimum Gasteiger partial charge on any atom is -0.372 e. The van der Waals surface area contributed by atoms with Gasteiger partial charge >= 0.3 is 0 Å². The Morgan fingerprint density at radius 1 is 1.03 bits per heavy atom. The average Bonchev–Trinajstić information content (AvgIpc) is 3.03. The SMILES string of the molecule is CCC(CC)c1cc(C)n2nc(-c3ccc(N(CC)CC)cc3C)n(C)c(=O)c12. The molecule has 3 aromatic rings. The number of anilines is 1. The molecule has 5 nitrogen and oxygen atoms in total. The van der Waals surface area contributed by atoms with E-state index in [1.165, 1.54) is 5.69 Å². The highest BCUT2D eigenvalue weighted by Gasteiger charge is 2.21. The van der Waals surface area contributed by atoms with Crippen LogP contribution in [0.5, 0.6) is 0 Å². The second kappa shape index (κ2) is 8.44. The first-order valence-electron chi connectivity index (χ1n) is 10.8. The second-order valence-electron chi connectivity index (χ2n) is 7.87. The summed E-state index contributed by atoms with van der Waals surface area (Å²) in [4.78, 5) is 15.7. The summed E-state index contributed by atoms with van der Waals surface area (Å²) >= 11 is 0. The maximum atomic E-state index is 13.4. The molecule has 0 N–H and O–H groups in total. The third kappa shape index (κ3) is 3.59. The van der Waals surface area contributed by atoms with E-state index in [-0.39, 0.29) is 5.56 Å². The van der Waals surface area contributed by atoms with Gasteiger partial charge in [0, 0.05) is 37.1 Å². The topological polar surface area (TPSA) is 42.5 Å². The fourth-order valence-electron chi connectivity index (χ4n) is 4.37. The molecule has 5 heteroatoms. The van der Waals surface area contributed by atoms with Gasteiger partial charge in [-0.05, 0) is 81.8 Å². The number of benzene rings is 1. The van der Waals surface area contributed by atoms with Crippen LogP contribution in [0.2, 0.25) is 0 Å². The number of hydrogen-bond acceptors (Lipinski definition) is 3. The summed E-state index contributed by atoms with van der Waals surface area (Å²) in [5.74, 6) is 1.09. The lowest BCUT2D eigenvalue weighted by atomic mass is 9.95. The van der Waals surface area contributed by atoms with Gasteiger partial charge in [-0.15, -0.1) is 5.10 Å². The zero-order chi connectivity index (χ0) is 21.3. The van der Waals surface area contributed by atoms with Gasteiger partial charge in [0.1, 0.15) is 5.52 Å². The Balaban J connectivity index is 2.21. The normalized spacial score (nSPS) is 11.6. The molecule has 0 bridgehead atoms. The molecular weight excluding hydrogens is 360 g/mol. The quantitative estimate of drug-likeness (QED) is 0.562. The molecule has 29 heavy (non-hydrogen) atoms. The van der Waals surface area contributed by atoms with Crippen molar-refractivity contribution in [1.29, 1.82) is 0 Å². The van der Waals surface area contributed by atoms with Crippen molar-refractivity contribution in [3.63, 3.8) is 0 Å². The molecule has 0 saturated carbocycles. The molecule has 156 valence electrons. The Morgan fingerprint density at radius 3 is 2.24 bits per heavy atom. The third-order valence-electron chi connectivity index (χ3n) is 6.21. The van der Waals surface area contributed by atoms with Gasteiger partial charge in [0.15, 0.2) is 5.82 Å². The smallest absolute Gasteiger partial charge is 0.278 e. The molecule has 0 saturated heterocycles. The molecule has 1 aromatic carbocycles. The highest BCUT2D eigenvalue weighted by Crippen LogP contribution is 2.30. The van der Waals surface area contributed by atoms with Crippen LogP contribution < -0.4 is 10.5 Å². The van der Waals surface area contributed by atoms with Crippen LogP contribution in [0, 0.1) is 13.8 Å². The lowest BCUT2D eigenvalue weighted by Crippen LogP contribution is -2.25. The van der Waals surface area contributed by atoms with Crippen LogP contribution in [0.4, 0.5) is 5.69 Å².